The zero-order chi connectivity index (χ0) is 10.6. The molecule has 0 spiro atoms. The van der Waals surface area contributed by atoms with E-state index in [0.717, 1.165) is 18.7 Å². The topological polar surface area (TPSA) is 53.0 Å². The maximum Gasteiger partial charge on any atom is 0.101 e. The second kappa shape index (κ2) is 4.52. The molecule has 0 fully saturated rings. The number of nitriles is 1. The molecule has 0 saturated carbocycles. The van der Waals surface area contributed by atoms with Crippen molar-refractivity contribution < 1.29 is 0 Å². The fourth-order valence-electron chi connectivity index (χ4n) is 1.44. The van der Waals surface area contributed by atoms with Crippen molar-refractivity contribution in [3.8, 4) is 6.07 Å². The molecule has 1 aromatic carbocycles. The lowest BCUT2D eigenvalue weighted by Crippen LogP contribution is -2.19. The van der Waals surface area contributed by atoms with Crippen molar-refractivity contribution in [1.82, 2.24) is 0 Å². The van der Waals surface area contributed by atoms with Gasteiger partial charge >= 0.3 is 0 Å². The highest BCUT2D eigenvalue weighted by atomic mass is 15.1. The van der Waals surface area contributed by atoms with Gasteiger partial charge in [-0.25, -0.2) is 0 Å². The molecule has 0 heterocycles. The highest BCUT2D eigenvalue weighted by molar-refractivity contribution is 5.73. The van der Waals surface area contributed by atoms with Gasteiger partial charge in [-0.05, 0) is 18.6 Å². The Morgan fingerprint density at radius 2 is 2.21 bits per heavy atom. The van der Waals surface area contributed by atoms with E-state index in [-0.39, 0.29) is 0 Å². The number of nitrogens with zero attached hydrogens (tertiary/aromatic N) is 2. The van der Waals surface area contributed by atoms with Crippen LogP contribution in [0.1, 0.15) is 18.9 Å². The zero-order valence-electron chi connectivity index (χ0n) is 8.62. The zero-order valence-corrected chi connectivity index (χ0v) is 8.62. The molecule has 0 bridgehead atoms. The van der Waals surface area contributed by atoms with Gasteiger partial charge in [-0.1, -0.05) is 13.0 Å². The molecule has 0 atom stereocenters. The first kappa shape index (κ1) is 10.4. The van der Waals surface area contributed by atoms with Gasteiger partial charge in [0.2, 0.25) is 0 Å². The highest BCUT2D eigenvalue weighted by Crippen LogP contribution is 2.25. The molecule has 1 aromatic rings. The summed E-state index contributed by atoms with van der Waals surface area (Å²) in [7, 11) is 1.98. The third-order valence-electron chi connectivity index (χ3n) is 2.17. The Morgan fingerprint density at radius 3 is 2.79 bits per heavy atom. The van der Waals surface area contributed by atoms with Crippen LogP contribution in [0.3, 0.4) is 0 Å². The molecule has 0 amide bonds. The lowest BCUT2D eigenvalue weighted by molar-refractivity contribution is 0.853. The first-order valence-electron chi connectivity index (χ1n) is 4.70. The average molecular weight is 189 g/mol. The number of benzene rings is 1. The van der Waals surface area contributed by atoms with E-state index in [1.165, 1.54) is 0 Å². The Balaban J connectivity index is 3.04. The molecule has 2 N–H and O–H groups in total. The standard InChI is InChI=1S/C11H15N3/c1-3-7-14(2)10-6-4-5-9(8-12)11(10)13/h4-6H,3,7,13H2,1-2H3. The van der Waals surface area contributed by atoms with Crippen molar-refractivity contribution in [2.45, 2.75) is 13.3 Å². The highest BCUT2D eigenvalue weighted by Gasteiger charge is 2.07. The van der Waals surface area contributed by atoms with E-state index in [2.05, 4.69) is 17.9 Å². The van der Waals surface area contributed by atoms with Crippen molar-refractivity contribution in [3.63, 3.8) is 0 Å². The molecule has 74 valence electrons. The van der Waals surface area contributed by atoms with E-state index in [4.69, 9.17) is 11.0 Å². The number of hydrogen-bond donors (Lipinski definition) is 1. The van der Waals surface area contributed by atoms with Crippen LogP contribution in [-0.2, 0) is 0 Å². The van der Waals surface area contributed by atoms with E-state index < -0.39 is 0 Å². The van der Waals surface area contributed by atoms with Crippen LogP contribution in [0.25, 0.3) is 0 Å². The summed E-state index contributed by atoms with van der Waals surface area (Å²) in [6, 6.07) is 7.61. The van der Waals surface area contributed by atoms with Gasteiger partial charge in [0.25, 0.3) is 0 Å². The molecule has 0 saturated heterocycles. The van der Waals surface area contributed by atoms with E-state index >= 15 is 0 Å². The summed E-state index contributed by atoms with van der Waals surface area (Å²) in [6.07, 6.45) is 1.06. The molecule has 0 aliphatic rings. The maximum absolute atomic E-state index is 8.81. The van der Waals surface area contributed by atoms with Crippen LogP contribution in [0.5, 0.6) is 0 Å². The number of anilines is 2. The van der Waals surface area contributed by atoms with Gasteiger partial charge in [-0.2, -0.15) is 5.26 Å². The molecule has 0 aliphatic heterocycles. The molecule has 0 radical (unpaired) electrons. The van der Waals surface area contributed by atoms with Gasteiger partial charge in [0.1, 0.15) is 6.07 Å². The number of nitrogen functional groups attached to an aromatic ring is 1. The van der Waals surface area contributed by atoms with Crippen LogP contribution < -0.4 is 10.6 Å². The summed E-state index contributed by atoms with van der Waals surface area (Å²) in [4.78, 5) is 2.07. The minimum Gasteiger partial charge on any atom is -0.396 e. The quantitative estimate of drug-likeness (QED) is 0.740. The largest absolute Gasteiger partial charge is 0.396 e. The summed E-state index contributed by atoms with van der Waals surface area (Å²) < 4.78 is 0. The van der Waals surface area contributed by atoms with Gasteiger partial charge in [-0.15, -0.1) is 0 Å². The van der Waals surface area contributed by atoms with Crippen molar-refractivity contribution in [2.24, 2.45) is 0 Å². The van der Waals surface area contributed by atoms with Crippen molar-refractivity contribution >= 4 is 11.4 Å². The van der Waals surface area contributed by atoms with Gasteiger partial charge in [0.05, 0.1) is 16.9 Å². The summed E-state index contributed by atoms with van der Waals surface area (Å²) in [5, 5.41) is 8.81. The van der Waals surface area contributed by atoms with Crippen molar-refractivity contribution in [2.75, 3.05) is 24.2 Å². The molecule has 0 aromatic heterocycles. The first-order valence-corrected chi connectivity index (χ1v) is 4.70. The molecular weight excluding hydrogens is 174 g/mol. The van der Waals surface area contributed by atoms with Crippen molar-refractivity contribution in [3.05, 3.63) is 23.8 Å². The lowest BCUT2D eigenvalue weighted by atomic mass is 10.1. The van der Waals surface area contributed by atoms with Crippen LogP contribution in [0.4, 0.5) is 11.4 Å². The number of hydrogen-bond acceptors (Lipinski definition) is 3. The minimum atomic E-state index is 0.547. The molecule has 0 aliphatic carbocycles. The van der Waals surface area contributed by atoms with Gasteiger partial charge < -0.3 is 10.6 Å². The summed E-state index contributed by atoms with van der Waals surface area (Å²) in [5.41, 5.74) is 7.92. The Bertz CT molecular complexity index is 352. The second-order valence-corrected chi connectivity index (χ2v) is 3.27. The molecule has 3 nitrogen and oxygen atoms in total. The first-order chi connectivity index (χ1) is 6.70. The Kier molecular flexibility index (Phi) is 3.35. The summed E-state index contributed by atoms with van der Waals surface area (Å²) >= 11 is 0. The second-order valence-electron chi connectivity index (χ2n) is 3.27. The summed E-state index contributed by atoms with van der Waals surface area (Å²) in [6.45, 7) is 3.06. The van der Waals surface area contributed by atoms with E-state index in [1.807, 2.05) is 19.2 Å². The van der Waals surface area contributed by atoms with Crippen LogP contribution >= 0.6 is 0 Å². The monoisotopic (exact) mass is 189 g/mol. The third-order valence-corrected chi connectivity index (χ3v) is 2.17. The SMILES string of the molecule is CCCN(C)c1cccc(C#N)c1N. The van der Waals surface area contributed by atoms with Gasteiger partial charge in [-0.3, -0.25) is 0 Å². The van der Waals surface area contributed by atoms with E-state index in [9.17, 15) is 0 Å². The Morgan fingerprint density at radius 1 is 1.50 bits per heavy atom. The van der Waals surface area contributed by atoms with E-state index in [0.29, 0.717) is 11.3 Å². The summed E-state index contributed by atoms with van der Waals surface area (Å²) in [5.74, 6) is 0. The predicted molar refractivity (Wildman–Crippen MR) is 59.1 cm³/mol. The van der Waals surface area contributed by atoms with Crippen LogP contribution in [0, 0.1) is 11.3 Å². The molecule has 0 unspecified atom stereocenters. The maximum atomic E-state index is 8.81. The minimum absolute atomic E-state index is 0.547. The predicted octanol–water partition coefficient (Wildman–Crippen LogP) is 1.99. The normalized spacial score (nSPS) is 9.50. The van der Waals surface area contributed by atoms with Crippen molar-refractivity contribution in [1.29, 1.82) is 5.26 Å². The molecule has 14 heavy (non-hydrogen) atoms. The Labute approximate surface area is 84.7 Å². The molecular formula is C11H15N3. The molecule has 1 rings (SSSR count). The number of nitrogens with two attached hydrogens (primary N) is 1. The number of para-hydroxylation sites is 1. The molecule has 3 heteroatoms. The average Bonchev–Trinajstić information content (AvgIpc) is 2.18. The van der Waals surface area contributed by atoms with Gasteiger partial charge in [0, 0.05) is 13.6 Å². The van der Waals surface area contributed by atoms with Crippen LogP contribution in [0.15, 0.2) is 18.2 Å². The lowest BCUT2D eigenvalue weighted by Gasteiger charge is -2.20. The fourth-order valence-corrected chi connectivity index (χ4v) is 1.44. The van der Waals surface area contributed by atoms with Crippen LogP contribution in [0.2, 0.25) is 0 Å². The van der Waals surface area contributed by atoms with Crippen LogP contribution in [-0.4, -0.2) is 13.6 Å². The van der Waals surface area contributed by atoms with Gasteiger partial charge in [0.15, 0.2) is 0 Å². The van der Waals surface area contributed by atoms with E-state index in [1.54, 1.807) is 6.07 Å². The third kappa shape index (κ3) is 1.97. The fraction of sp³-hybridized carbons (Fsp3) is 0.364. The Hall–Kier alpha value is -1.69. The smallest absolute Gasteiger partial charge is 0.101 e. The number of rotatable bonds is 3.